The van der Waals surface area contributed by atoms with Crippen molar-refractivity contribution < 1.29 is 28.6 Å². The molecule has 0 unspecified atom stereocenters. The molecule has 9 nitrogen and oxygen atoms in total. The molecule has 166 valence electrons. The number of halogens is 1. The number of nitrogens with one attached hydrogen (secondary N) is 2. The first kappa shape index (κ1) is 22.5. The maximum atomic E-state index is 14.5. The SMILES string of the molecule is CNC(=O)c1cc(COc2cnc(Nc3ccc(CC(=O)O)cc3)nc2)c(F)c(OC)c1. The Morgan fingerprint density at radius 2 is 1.81 bits per heavy atom. The van der Waals surface area contributed by atoms with E-state index in [9.17, 15) is 14.0 Å². The lowest BCUT2D eigenvalue weighted by Crippen LogP contribution is -2.18. The Morgan fingerprint density at radius 1 is 1.12 bits per heavy atom. The van der Waals surface area contributed by atoms with Gasteiger partial charge in [-0.1, -0.05) is 12.1 Å². The summed E-state index contributed by atoms with van der Waals surface area (Å²) in [7, 11) is 2.79. The standard InChI is InChI=1S/C22H21FN4O5/c1-24-21(30)14-8-15(20(23)18(9-14)31-2)12-32-17-10-25-22(26-11-17)27-16-5-3-13(4-6-16)7-19(28)29/h3-6,8-11H,7,12H2,1-2H3,(H,24,30)(H,28,29)(H,25,26,27). The summed E-state index contributed by atoms with van der Waals surface area (Å²) in [6, 6.07) is 9.55. The number of carbonyl (C=O) groups is 2. The fourth-order valence-electron chi connectivity index (χ4n) is 2.81. The van der Waals surface area contributed by atoms with Crippen molar-refractivity contribution >= 4 is 23.5 Å². The van der Waals surface area contributed by atoms with Crippen molar-refractivity contribution in [3.8, 4) is 11.5 Å². The van der Waals surface area contributed by atoms with Crippen molar-refractivity contribution in [3.05, 3.63) is 71.3 Å². The zero-order chi connectivity index (χ0) is 23.1. The van der Waals surface area contributed by atoms with Crippen LogP contribution in [0.5, 0.6) is 11.5 Å². The second kappa shape index (κ2) is 10.2. The first-order chi connectivity index (χ1) is 15.4. The molecule has 0 fully saturated rings. The van der Waals surface area contributed by atoms with Gasteiger partial charge in [0.15, 0.2) is 17.3 Å². The minimum Gasteiger partial charge on any atom is -0.494 e. The molecule has 1 aromatic heterocycles. The molecule has 0 aliphatic heterocycles. The van der Waals surface area contributed by atoms with Crippen LogP contribution >= 0.6 is 0 Å². The van der Waals surface area contributed by atoms with E-state index >= 15 is 0 Å². The Kier molecular flexibility index (Phi) is 7.17. The van der Waals surface area contributed by atoms with Crippen LogP contribution in [-0.4, -0.2) is 41.1 Å². The largest absolute Gasteiger partial charge is 0.494 e. The fraction of sp³-hybridized carbons (Fsp3) is 0.182. The highest BCUT2D eigenvalue weighted by molar-refractivity contribution is 5.94. The highest BCUT2D eigenvalue weighted by Crippen LogP contribution is 2.24. The summed E-state index contributed by atoms with van der Waals surface area (Å²) < 4.78 is 25.1. The molecule has 0 aliphatic rings. The molecule has 3 rings (SSSR count). The number of amides is 1. The van der Waals surface area contributed by atoms with E-state index < -0.39 is 11.8 Å². The summed E-state index contributed by atoms with van der Waals surface area (Å²) in [5.74, 6) is -1.35. The molecule has 0 saturated heterocycles. The summed E-state index contributed by atoms with van der Waals surface area (Å²) in [5, 5.41) is 14.3. The third-order valence-electron chi connectivity index (χ3n) is 4.41. The zero-order valence-electron chi connectivity index (χ0n) is 17.4. The number of carboxylic acids is 1. The molecule has 0 atom stereocenters. The lowest BCUT2D eigenvalue weighted by atomic mass is 10.1. The molecular weight excluding hydrogens is 419 g/mol. The number of ether oxygens (including phenoxy) is 2. The molecule has 0 aliphatic carbocycles. The number of hydrogen-bond acceptors (Lipinski definition) is 7. The maximum Gasteiger partial charge on any atom is 0.307 e. The highest BCUT2D eigenvalue weighted by Gasteiger charge is 2.15. The molecule has 32 heavy (non-hydrogen) atoms. The molecule has 3 N–H and O–H groups in total. The Balaban J connectivity index is 1.65. The number of nitrogens with zero attached hydrogens (tertiary/aromatic N) is 2. The second-order valence-electron chi connectivity index (χ2n) is 6.65. The molecule has 0 saturated carbocycles. The van der Waals surface area contributed by atoms with Gasteiger partial charge in [-0.15, -0.1) is 0 Å². The second-order valence-corrected chi connectivity index (χ2v) is 6.65. The van der Waals surface area contributed by atoms with Crippen LogP contribution in [0.4, 0.5) is 16.0 Å². The van der Waals surface area contributed by atoms with Gasteiger partial charge in [-0.2, -0.15) is 0 Å². The van der Waals surface area contributed by atoms with Gasteiger partial charge in [0.25, 0.3) is 5.91 Å². The fourth-order valence-corrected chi connectivity index (χ4v) is 2.81. The number of rotatable bonds is 9. The number of aromatic nitrogens is 2. The topological polar surface area (TPSA) is 123 Å². The van der Waals surface area contributed by atoms with Crippen molar-refractivity contribution in [1.29, 1.82) is 0 Å². The van der Waals surface area contributed by atoms with E-state index in [1.54, 1.807) is 24.3 Å². The smallest absolute Gasteiger partial charge is 0.307 e. The van der Waals surface area contributed by atoms with Gasteiger partial charge in [-0.3, -0.25) is 9.59 Å². The normalized spacial score (nSPS) is 10.3. The molecule has 3 aromatic rings. The van der Waals surface area contributed by atoms with E-state index in [1.807, 2.05) is 0 Å². The first-order valence-electron chi connectivity index (χ1n) is 9.50. The number of carboxylic acid groups (broad SMARTS) is 1. The van der Waals surface area contributed by atoms with Crippen LogP contribution in [0.3, 0.4) is 0 Å². The van der Waals surface area contributed by atoms with Crippen LogP contribution in [-0.2, 0) is 17.8 Å². The maximum absolute atomic E-state index is 14.5. The van der Waals surface area contributed by atoms with E-state index in [2.05, 4.69) is 20.6 Å². The van der Waals surface area contributed by atoms with Crippen molar-refractivity contribution in [2.75, 3.05) is 19.5 Å². The number of methoxy groups -OCH3 is 1. The van der Waals surface area contributed by atoms with Crippen LogP contribution in [0, 0.1) is 5.82 Å². The lowest BCUT2D eigenvalue weighted by Gasteiger charge is -2.12. The van der Waals surface area contributed by atoms with Gasteiger partial charge >= 0.3 is 5.97 Å². The van der Waals surface area contributed by atoms with Gasteiger partial charge in [-0.25, -0.2) is 14.4 Å². The van der Waals surface area contributed by atoms with E-state index in [0.29, 0.717) is 22.9 Å². The predicted molar refractivity (Wildman–Crippen MR) is 114 cm³/mol. The Hall–Kier alpha value is -4.21. The summed E-state index contributed by atoms with van der Waals surface area (Å²) in [5.41, 5.74) is 1.76. The molecule has 10 heteroatoms. The highest BCUT2D eigenvalue weighted by atomic mass is 19.1. The Bertz CT molecular complexity index is 1100. The van der Waals surface area contributed by atoms with Crippen molar-refractivity contribution in [1.82, 2.24) is 15.3 Å². The van der Waals surface area contributed by atoms with Crippen LogP contribution in [0.1, 0.15) is 21.5 Å². The van der Waals surface area contributed by atoms with Gasteiger partial charge in [0.05, 0.1) is 25.9 Å². The number of carbonyl (C=O) groups excluding carboxylic acids is 1. The van der Waals surface area contributed by atoms with Crippen LogP contribution in [0.15, 0.2) is 48.8 Å². The minimum absolute atomic E-state index is 0.0543. The molecule has 1 amide bonds. The molecule has 0 bridgehead atoms. The molecule has 0 radical (unpaired) electrons. The van der Waals surface area contributed by atoms with Gasteiger partial charge in [0, 0.05) is 23.9 Å². The molecular formula is C22H21FN4O5. The average Bonchev–Trinajstić information content (AvgIpc) is 2.79. The van der Waals surface area contributed by atoms with Gasteiger partial charge in [0.1, 0.15) is 6.61 Å². The number of anilines is 2. The third kappa shape index (κ3) is 5.69. The first-order valence-corrected chi connectivity index (χ1v) is 9.50. The van der Waals surface area contributed by atoms with E-state index in [-0.39, 0.29) is 35.8 Å². The average molecular weight is 440 g/mol. The lowest BCUT2D eigenvalue weighted by molar-refractivity contribution is -0.136. The quantitative estimate of drug-likeness (QED) is 0.464. The van der Waals surface area contributed by atoms with Gasteiger partial charge < -0.3 is 25.2 Å². The Morgan fingerprint density at radius 3 is 2.41 bits per heavy atom. The van der Waals surface area contributed by atoms with Crippen molar-refractivity contribution in [3.63, 3.8) is 0 Å². The summed E-state index contributed by atoms with van der Waals surface area (Å²) in [6.07, 6.45) is 2.79. The monoisotopic (exact) mass is 440 g/mol. The summed E-state index contributed by atoms with van der Waals surface area (Å²) in [6.45, 7) is -0.159. The van der Waals surface area contributed by atoms with Crippen LogP contribution < -0.4 is 20.1 Å². The van der Waals surface area contributed by atoms with Crippen molar-refractivity contribution in [2.45, 2.75) is 13.0 Å². The zero-order valence-corrected chi connectivity index (χ0v) is 17.4. The van der Waals surface area contributed by atoms with Crippen LogP contribution in [0.25, 0.3) is 0 Å². The molecule has 0 spiro atoms. The van der Waals surface area contributed by atoms with Crippen molar-refractivity contribution in [2.24, 2.45) is 0 Å². The van der Waals surface area contributed by atoms with Gasteiger partial charge in [0.2, 0.25) is 5.95 Å². The molecule has 2 aromatic carbocycles. The minimum atomic E-state index is -0.900. The number of aliphatic carboxylic acids is 1. The van der Waals surface area contributed by atoms with Crippen LogP contribution in [0.2, 0.25) is 0 Å². The van der Waals surface area contributed by atoms with E-state index in [1.165, 1.54) is 38.7 Å². The number of benzene rings is 2. The third-order valence-corrected chi connectivity index (χ3v) is 4.41. The van der Waals surface area contributed by atoms with E-state index in [4.69, 9.17) is 14.6 Å². The predicted octanol–water partition coefficient (Wildman–Crippen LogP) is 2.93. The van der Waals surface area contributed by atoms with E-state index in [0.717, 1.165) is 0 Å². The number of hydrogen-bond donors (Lipinski definition) is 3. The summed E-state index contributed by atoms with van der Waals surface area (Å²) in [4.78, 5) is 30.9. The summed E-state index contributed by atoms with van der Waals surface area (Å²) >= 11 is 0. The van der Waals surface area contributed by atoms with Gasteiger partial charge in [-0.05, 0) is 29.8 Å². The Labute approximate surface area is 183 Å². The molecule has 1 heterocycles.